The maximum atomic E-state index is 12.2. The first-order valence-corrected chi connectivity index (χ1v) is 8.12. The summed E-state index contributed by atoms with van der Waals surface area (Å²) in [5.41, 5.74) is 1.74. The summed E-state index contributed by atoms with van der Waals surface area (Å²) in [4.78, 5) is 28.5. The predicted molar refractivity (Wildman–Crippen MR) is 93.6 cm³/mol. The van der Waals surface area contributed by atoms with Crippen molar-refractivity contribution in [1.29, 1.82) is 0 Å². The Bertz CT molecular complexity index is 684. The molecule has 0 aliphatic heterocycles. The van der Waals surface area contributed by atoms with Crippen molar-refractivity contribution in [2.75, 3.05) is 6.54 Å². The normalized spacial score (nSPS) is 10.5. The fourth-order valence-corrected chi connectivity index (χ4v) is 2.15. The van der Waals surface area contributed by atoms with Gasteiger partial charge in [0.25, 0.3) is 11.8 Å². The first-order chi connectivity index (χ1) is 11.6. The minimum Gasteiger partial charge on any atom is -0.352 e. The van der Waals surface area contributed by atoms with Gasteiger partial charge < -0.3 is 10.6 Å². The van der Waals surface area contributed by atoms with Gasteiger partial charge in [-0.25, -0.2) is 0 Å². The molecule has 0 fully saturated rings. The number of aromatic nitrogens is 1. The minimum atomic E-state index is -0.225. The van der Waals surface area contributed by atoms with Gasteiger partial charge in [-0.05, 0) is 42.7 Å². The zero-order valence-electron chi connectivity index (χ0n) is 14.1. The molecule has 0 atom stereocenters. The van der Waals surface area contributed by atoms with Crippen LogP contribution in [0.3, 0.4) is 0 Å². The van der Waals surface area contributed by atoms with Crippen molar-refractivity contribution in [2.24, 2.45) is 5.92 Å². The summed E-state index contributed by atoms with van der Waals surface area (Å²) < 4.78 is 0. The topological polar surface area (TPSA) is 71.1 Å². The maximum absolute atomic E-state index is 12.2. The Hall–Kier alpha value is -2.69. The van der Waals surface area contributed by atoms with E-state index in [1.165, 1.54) is 0 Å². The Kier molecular flexibility index (Phi) is 6.49. The van der Waals surface area contributed by atoms with Crippen LogP contribution in [0.5, 0.6) is 0 Å². The second kappa shape index (κ2) is 8.82. The molecule has 0 bridgehead atoms. The van der Waals surface area contributed by atoms with Gasteiger partial charge in [0.1, 0.15) is 0 Å². The lowest BCUT2D eigenvalue weighted by atomic mass is 10.1. The van der Waals surface area contributed by atoms with E-state index in [4.69, 9.17) is 0 Å². The molecule has 2 aromatic rings. The summed E-state index contributed by atoms with van der Waals surface area (Å²) in [5.74, 6) is 0.154. The van der Waals surface area contributed by atoms with Crippen LogP contribution in [0.15, 0.2) is 48.7 Å². The van der Waals surface area contributed by atoms with Crippen molar-refractivity contribution in [1.82, 2.24) is 15.6 Å². The van der Waals surface area contributed by atoms with Crippen molar-refractivity contribution >= 4 is 11.8 Å². The molecular weight excluding hydrogens is 302 g/mol. The van der Waals surface area contributed by atoms with E-state index in [0.29, 0.717) is 30.1 Å². The van der Waals surface area contributed by atoms with Crippen LogP contribution in [0.4, 0.5) is 0 Å². The Morgan fingerprint density at radius 1 is 1.00 bits per heavy atom. The number of hydrogen-bond donors (Lipinski definition) is 2. The molecule has 0 saturated carbocycles. The lowest BCUT2D eigenvalue weighted by Gasteiger charge is -2.09. The van der Waals surface area contributed by atoms with Crippen LogP contribution in [0.25, 0.3) is 0 Å². The molecule has 5 heteroatoms. The highest BCUT2D eigenvalue weighted by molar-refractivity contribution is 5.99. The number of carbonyl (C=O) groups excluding carboxylic acids is 2. The summed E-state index contributed by atoms with van der Waals surface area (Å²) >= 11 is 0. The van der Waals surface area contributed by atoms with Gasteiger partial charge in [-0.3, -0.25) is 14.6 Å². The quantitative estimate of drug-likeness (QED) is 0.822. The summed E-state index contributed by atoms with van der Waals surface area (Å²) in [6.07, 6.45) is 2.61. The molecular formula is C19H23N3O2. The summed E-state index contributed by atoms with van der Waals surface area (Å²) in [5, 5.41) is 5.68. The van der Waals surface area contributed by atoms with Crippen LogP contribution >= 0.6 is 0 Å². The molecule has 1 aromatic heterocycles. The number of amides is 2. The molecule has 0 saturated heterocycles. The van der Waals surface area contributed by atoms with Crippen molar-refractivity contribution < 1.29 is 9.59 Å². The average Bonchev–Trinajstić information content (AvgIpc) is 2.60. The molecule has 0 spiro atoms. The van der Waals surface area contributed by atoms with Gasteiger partial charge in [0.15, 0.2) is 0 Å². The Balaban J connectivity index is 1.93. The standard InChI is InChI=1S/C19H23N3O2/c1-14(2)9-11-21-18(23)15-6-5-7-16(12-15)19(24)22-13-17-8-3-4-10-20-17/h3-8,10,12,14H,9,11,13H2,1-2H3,(H,21,23)(H,22,24). The number of nitrogens with one attached hydrogen (secondary N) is 2. The number of pyridine rings is 1. The van der Waals surface area contributed by atoms with E-state index >= 15 is 0 Å². The molecule has 0 aliphatic rings. The van der Waals surface area contributed by atoms with Crippen molar-refractivity contribution in [2.45, 2.75) is 26.8 Å². The number of carbonyl (C=O) groups is 2. The number of rotatable bonds is 7. The SMILES string of the molecule is CC(C)CCNC(=O)c1cccc(C(=O)NCc2ccccn2)c1. The van der Waals surface area contributed by atoms with E-state index in [0.717, 1.165) is 12.1 Å². The number of benzene rings is 1. The van der Waals surface area contributed by atoms with Gasteiger partial charge in [-0.15, -0.1) is 0 Å². The number of nitrogens with zero attached hydrogens (tertiary/aromatic N) is 1. The molecule has 0 radical (unpaired) electrons. The molecule has 2 amide bonds. The Morgan fingerprint density at radius 2 is 1.71 bits per heavy atom. The second-order valence-corrected chi connectivity index (χ2v) is 6.02. The lowest BCUT2D eigenvalue weighted by Crippen LogP contribution is -2.26. The van der Waals surface area contributed by atoms with E-state index in [9.17, 15) is 9.59 Å². The molecule has 2 N–H and O–H groups in total. The van der Waals surface area contributed by atoms with E-state index in [2.05, 4.69) is 29.5 Å². The minimum absolute atomic E-state index is 0.157. The van der Waals surface area contributed by atoms with Crippen LogP contribution < -0.4 is 10.6 Å². The highest BCUT2D eigenvalue weighted by Gasteiger charge is 2.10. The van der Waals surface area contributed by atoms with E-state index in [1.807, 2.05) is 18.2 Å². The van der Waals surface area contributed by atoms with Crippen LogP contribution in [0.2, 0.25) is 0 Å². The summed E-state index contributed by atoms with van der Waals surface area (Å²) in [7, 11) is 0. The first kappa shape index (κ1) is 17.7. The van der Waals surface area contributed by atoms with Gasteiger partial charge >= 0.3 is 0 Å². The van der Waals surface area contributed by atoms with Crippen molar-refractivity contribution in [3.8, 4) is 0 Å². The third kappa shape index (κ3) is 5.50. The lowest BCUT2D eigenvalue weighted by molar-refractivity contribution is 0.0950. The zero-order valence-corrected chi connectivity index (χ0v) is 14.1. The molecule has 0 unspecified atom stereocenters. The van der Waals surface area contributed by atoms with Crippen molar-refractivity contribution in [3.63, 3.8) is 0 Å². The molecule has 5 nitrogen and oxygen atoms in total. The summed E-state index contributed by atoms with van der Waals surface area (Å²) in [6, 6.07) is 12.3. The van der Waals surface area contributed by atoms with Crippen LogP contribution in [-0.2, 0) is 6.54 Å². The smallest absolute Gasteiger partial charge is 0.251 e. The largest absolute Gasteiger partial charge is 0.352 e. The van der Waals surface area contributed by atoms with Gasteiger partial charge in [0.05, 0.1) is 12.2 Å². The highest BCUT2D eigenvalue weighted by Crippen LogP contribution is 2.06. The molecule has 1 aromatic carbocycles. The van der Waals surface area contributed by atoms with E-state index < -0.39 is 0 Å². The van der Waals surface area contributed by atoms with Crippen LogP contribution in [0.1, 0.15) is 46.7 Å². The maximum Gasteiger partial charge on any atom is 0.251 e. The number of hydrogen-bond acceptors (Lipinski definition) is 3. The highest BCUT2D eigenvalue weighted by atomic mass is 16.2. The van der Waals surface area contributed by atoms with Crippen molar-refractivity contribution in [3.05, 3.63) is 65.5 Å². The predicted octanol–water partition coefficient (Wildman–Crippen LogP) is 2.79. The fraction of sp³-hybridized carbons (Fsp3) is 0.316. The Labute approximate surface area is 142 Å². The fourth-order valence-electron chi connectivity index (χ4n) is 2.15. The van der Waals surface area contributed by atoms with E-state index in [1.54, 1.807) is 30.5 Å². The first-order valence-electron chi connectivity index (χ1n) is 8.12. The zero-order chi connectivity index (χ0) is 17.4. The molecule has 1 heterocycles. The third-order valence-electron chi connectivity index (χ3n) is 3.55. The molecule has 24 heavy (non-hydrogen) atoms. The monoisotopic (exact) mass is 325 g/mol. The molecule has 0 aliphatic carbocycles. The van der Waals surface area contributed by atoms with Crippen LogP contribution in [0, 0.1) is 5.92 Å². The summed E-state index contributed by atoms with van der Waals surface area (Å²) in [6.45, 7) is 5.20. The van der Waals surface area contributed by atoms with Gasteiger partial charge in [0.2, 0.25) is 0 Å². The van der Waals surface area contributed by atoms with E-state index in [-0.39, 0.29) is 11.8 Å². The second-order valence-electron chi connectivity index (χ2n) is 6.02. The third-order valence-corrected chi connectivity index (χ3v) is 3.55. The van der Waals surface area contributed by atoms with Gasteiger partial charge in [-0.1, -0.05) is 26.0 Å². The molecule has 126 valence electrons. The van der Waals surface area contributed by atoms with Gasteiger partial charge in [0, 0.05) is 23.9 Å². The molecule has 2 rings (SSSR count). The average molecular weight is 325 g/mol. The Morgan fingerprint density at radius 3 is 2.33 bits per heavy atom. The van der Waals surface area contributed by atoms with Gasteiger partial charge in [-0.2, -0.15) is 0 Å². The van der Waals surface area contributed by atoms with Crippen LogP contribution in [-0.4, -0.2) is 23.3 Å².